The summed E-state index contributed by atoms with van der Waals surface area (Å²) in [6, 6.07) is 3.52. The van der Waals surface area contributed by atoms with Gasteiger partial charge in [0.1, 0.15) is 0 Å². The van der Waals surface area contributed by atoms with Crippen LogP contribution in [0.3, 0.4) is 0 Å². The molecule has 32 heavy (non-hydrogen) atoms. The Hall–Kier alpha value is -4.91. The first kappa shape index (κ1) is 27.1. The van der Waals surface area contributed by atoms with Crippen LogP contribution in [0.15, 0.2) is 18.2 Å². The molecule has 0 radical (unpaired) electrons. The predicted octanol–water partition coefficient (Wildman–Crippen LogP) is 3.77. The molecule has 1 rings (SSSR count). The summed E-state index contributed by atoms with van der Waals surface area (Å²) in [6.07, 6.45) is 0.525. The topological polar surface area (TPSA) is 38.0 Å². The van der Waals surface area contributed by atoms with Crippen LogP contribution in [0.4, 0.5) is 24.5 Å². The summed E-state index contributed by atoms with van der Waals surface area (Å²) in [4.78, 5) is 0. The fourth-order valence-electron chi connectivity index (χ4n) is 1.67. The van der Waals surface area contributed by atoms with Crippen molar-refractivity contribution in [1.29, 1.82) is 0 Å². The van der Waals surface area contributed by atoms with Gasteiger partial charge in [0.05, 0.1) is 5.56 Å². The Balaban J connectivity index is 0.000000604. The second-order valence-electron chi connectivity index (χ2n) is 5.66. The summed E-state index contributed by atoms with van der Waals surface area (Å²) in [5.41, 5.74) is 5.15. The number of terminal acetylenes is 1. The molecule has 0 atom stereocenters. The van der Waals surface area contributed by atoms with E-state index in [9.17, 15) is 13.2 Å². The molecule has 0 spiro atoms. The van der Waals surface area contributed by atoms with Gasteiger partial charge in [0.2, 0.25) is 0 Å². The van der Waals surface area contributed by atoms with E-state index in [0.29, 0.717) is 5.69 Å². The number of halogens is 3. The van der Waals surface area contributed by atoms with Gasteiger partial charge in [-0.1, -0.05) is 5.92 Å². The third kappa shape index (κ3) is 15.1. The molecular weight excluding hydrogens is 409 g/mol. The summed E-state index contributed by atoms with van der Waals surface area (Å²) in [5, 5.41) is 2.88. The van der Waals surface area contributed by atoms with Crippen molar-refractivity contribution in [3.63, 3.8) is 0 Å². The maximum Gasteiger partial charge on any atom is 0.416 e. The smallest absolute Gasteiger partial charge is 0.399 e. The third-order valence-electron chi connectivity index (χ3n) is 2.69. The van der Waals surface area contributed by atoms with Crippen molar-refractivity contribution >= 4 is 11.4 Å². The first-order chi connectivity index (χ1) is 15.2. The second-order valence-corrected chi connectivity index (χ2v) is 5.66. The van der Waals surface area contributed by atoms with Gasteiger partial charge in [-0.3, -0.25) is 0 Å². The van der Waals surface area contributed by atoms with Crippen molar-refractivity contribution in [2.75, 3.05) is 11.1 Å². The van der Waals surface area contributed by atoms with Crippen LogP contribution in [0.2, 0.25) is 0 Å². The molecule has 1 aromatic rings. The SMILES string of the molecule is C#CC#CC#CC#CC#CC#CC#CC#CC.CC(C)Nc1cc(N)cc(C(F)(F)F)c1. The maximum atomic E-state index is 12.4. The van der Waals surface area contributed by atoms with E-state index in [1.165, 1.54) is 6.07 Å². The van der Waals surface area contributed by atoms with Gasteiger partial charge in [-0.25, -0.2) is 0 Å². The zero-order valence-electron chi connectivity index (χ0n) is 17.6. The lowest BCUT2D eigenvalue weighted by Gasteiger charge is -2.14. The molecule has 0 aliphatic carbocycles. The normalized spacial score (nSPS) is 7.56. The predicted molar refractivity (Wildman–Crippen MR) is 124 cm³/mol. The van der Waals surface area contributed by atoms with E-state index in [1.54, 1.807) is 6.92 Å². The second kappa shape index (κ2) is 15.9. The Morgan fingerprint density at radius 1 is 0.781 bits per heavy atom. The van der Waals surface area contributed by atoms with Crippen LogP contribution in [0.1, 0.15) is 26.3 Å². The first-order valence-corrected chi connectivity index (χ1v) is 8.82. The van der Waals surface area contributed by atoms with Gasteiger partial charge in [-0.2, -0.15) is 13.2 Å². The van der Waals surface area contributed by atoms with Gasteiger partial charge in [0, 0.05) is 17.4 Å². The molecule has 0 amide bonds. The maximum absolute atomic E-state index is 12.4. The number of nitrogens with two attached hydrogens (primary N) is 1. The van der Waals surface area contributed by atoms with Crippen LogP contribution in [-0.2, 0) is 6.18 Å². The average molecular weight is 426 g/mol. The Morgan fingerprint density at radius 3 is 1.59 bits per heavy atom. The number of anilines is 2. The van der Waals surface area contributed by atoms with Gasteiger partial charge in [-0.05, 0) is 122 Å². The molecule has 0 bridgehead atoms. The molecular formula is C27H17F3N2. The molecule has 2 nitrogen and oxygen atoms in total. The van der Waals surface area contributed by atoms with E-state index in [4.69, 9.17) is 12.2 Å². The Morgan fingerprint density at radius 2 is 1.22 bits per heavy atom. The van der Waals surface area contributed by atoms with Gasteiger partial charge in [0.25, 0.3) is 0 Å². The molecule has 0 unspecified atom stereocenters. The molecule has 0 aliphatic heterocycles. The van der Waals surface area contributed by atoms with Crippen molar-refractivity contribution in [2.24, 2.45) is 0 Å². The van der Waals surface area contributed by atoms with Crippen LogP contribution < -0.4 is 11.1 Å². The Kier molecular flexibility index (Phi) is 13.5. The fraction of sp³-hybridized carbons (Fsp3) is 0.185. The van der Waals surface area contributed by atoms with Crippen LogP contribution in [0.5, 0.6) is 0 Å². The number of hydrogen-bond acceptors (Lipinski definition) is 2. The highest BCUT2D eigenvalue weighted by Gasteiger charge is 2.31. The number of alkyl halides is 3. The molecule has 3 N–H and O–H groups in total. The number of nitrogen functional groups attached to an aromatic ring is 1. The van der Waals surface area contributed by atoms with Crippen LogP contribution in [0.25, 0.3) is 0 Å². The van der Waals surface area contributed by atoms with E-state index in [1.807, 2.05) is 13.8 Å². The summed E-state index contributed by atoms with van der Waals surface area (Å²) in [6.45, 7) is 5.39. The van der Waals surface area contributed by atoms with Crippen molar-refractivity contribution < 1.29 is 13.2 Å². The van der Waals surface area contributed by atoms with Crippen molar-refractivity contribution in [3.05, 3.63) is 23.8 Å². The summed E-state index contributed by atoms with van der Waals surface area (Å²) in [5.74, 6) is 36.9. The van der Waals surface area contributed by atoms with E-state index < -0.39 is 11.7 Å². The number of nitrogens with one attached hydrogen (secondary N) is 1. The monoisotopic (exact) mass is 426 g/mol. The molecule has 0 aliphatic rings. The Bertz CT molecular complexity index is 1280. The van der Waals surface area contributed by atoms with Gasteiger partial charge in [-0.15, -0.1) is 6.42 Å². The van der Waals surface area contributed by atoms with E-state index in [2.05, 4.69) is 94.1 Å². The molecule has 1 aromatic carbocycles. The lowest BCUT2D eigenvalue weighted by atomic mass is 10.1. The standard InChI is InChI=1S/C17H4.C10H13F3N2/c1-3-5-7-9-11-13-15-17-16-14-12-10-8-6-4-2;1-6(2)15-9-4-7(10(11,12)13)3-8(14)5-9/h1H,2H3;3-6,15H,14H2,1-2H3. The average Bonchev–Trinajstić information content (AvgIpc) is 2.70. The Labute approximate surface area is 187 Å². The molecule has 0 heterocycles. The summed E-state index contributed by atoms with van der Waals surface area (Å²) in [7, 11) is 0. The third-order valence-corrected chi connectivity index (χ3v) is 2.69. The first-order valence-electron chi connectivity index (χ1n) is 8.82. The highest BCUT2D eigenvalue weighted by molar-refractivity contribution is 5.58. The molecule has 0 saturated heterocycles. The van der Waals surface area contributed by atoms with Gasteiger partial charge >= 0.3 is 6.18 Å². The van der Waals surface area contributed by atoms with Crippen LogP contribution in [-0.4, -0.2) is 6.04 Å². The van der Waals surface area contributed by atoms with Crippen LogP contribution in [0, 0.1) is 95.2 Å². The van der Waals surface area contributed by atoms with Gasteiger partial charge < -0.3 is 11.1 Å². The zero-order chi connectivity index (χ0) is 24.2. The lowest BCUT2D eigenvalue weighted by molar-refractivity contribution is -0.137. The lowest BCUT2D eigenvalue weighted by Crippen LogP contribution is -2.12. The molecule has 5 heteroatoms. The molecule has 0 aromatic heterocycles. The molecule has 156 valence electrons. The van der Waals surface area contributed by atoms with Crippen molar-refractivity contribution in [1.82, 2.24) is 0 Å². The summed E-state index contributed by atoms with van der Waals surface area (Å²) >= 11 is 0. The van der Waals surface area contributed by atoms with E-state index >= 15 is 0 Å². The highest BCUT2D eigenvalue weighted by atomic mass is 19.4. The zero-order valence-corrected chi connectivity index (χ0v) is 17.6. The van der Waals surface area contributed by atoms with Crippen molar-refractivity contribution in [2.45, 2.75) is 33.0 Å². The van der Waals surface area contributed by atoms with Crippen LogP contribution >= 0.6 is 0 Å². The fourth-order valence-corrected chi connectivity index (χ4v) is 1.67. The largest absolute Gasteiger partial charge is 0.416 e. The van der Waals surface area contributed by atoms with Gasteiger partial charge in [0.15, 0.2) is 0 Å². The van der Waals surface area contributed by atoms with E-state index in [-0.39, 0.29) is 11.7 Å². The number of hydrogen-bond donors (Lipinski definition) is 2. The van der Waals surface area contributed by atoms with Crippen molar-refractivity contribution in [3.8, 4) is 95.2 Å². The van der Waals surface area contributed by atoms with E-state index in [0.717, 1.165) is 12.1 Å². The minimum atomic E-state index is -4.36. The number of rotatable bonds is 2. The molecule has 0 saturated carbocycles. The quantitative estimate of drug-likeness (QED) is 0.558. The highest BCUT2D eigenvalue weighted by Crippen LogP contribution is 2.32. The summed E-state index contributed by atoms with van der Waals surface area (Å²) < 4.78 is 37.2. The minimum Gasteiger partial charge on any atom is -0.399 e. The number of benzene rings is 1. The minimum absolute atomic E-state index is 0.0629. The molecule has 0 fully saturated rings.